The summed E-state index contributed by atoms with van der Waals surface area (Å²) in [6, 6.07) is 18.2. The van der Waals surface area contributed by atoms with E-state index in [1.165, 1.54) is 12.7 Å². The van der Waals surface area contributed by atoms with Gasteiger partial charge < -0.3 is 18.9 Å². The number of aromatic nitrogens is 2. The fourth-order valence-electron chi connectivity index (χ4n) is 2.54. The lowest BCUT2D eigenvalue weighted by Gasteiger charge is -2.08. The summed E-state index contributed by atoms with van der Waals surface area (Å²) in [4.78, 5) is 12.6. The number of hydrogen-bond acceptors (Lipinski definition) is 6. The number of benzene rings is 2. The van der Waals surface area contributed by atoms with Crippen LogP contribution in [0.2, 0.25) is 0 Å². The largest absolute Gasteiger partial charge is 0.489 e. The van der Waals surface area contributed by atoms with Crippen LogP contribution in [-0.2, 0) is 6.61 Å². The van der Waals surface area contributed by atoms with Gasteiger partial charge in [0, 0.05) is 16.8 Å². The number of para-hydroxylation sites is 1. The van der Waals surface area contributed by atoms with Crippen molar-refractivity contribution >= 4 is 11.6 Å². The quantitative estimate of drug-likeness (QED) is 0.554. The van der Waals surface area contributed by atoms with Crippen LogP contribution in [0.5, 0.6) is 5.75 Å². The molecule has 0 saturated heterocycles. The van der Waals surface area contributed by atoms with Gasteiger partial charge in [0.05, 0.1) is 6.26 Å². The van der Waals surface area contributed by atoms with E-state index < -0.39 is 0 Å². The average molecular weight is 361 g/mol. The molecule has 7 heteroatoms. The zero-order chi connectivity index (χ0) is 18.5. The minimum absolute atomic E-state index is 0.203. The van der Waals surface area contributed by atoms with Crippen molar-refractivity contribution in [1.82, 2.24) is 10.2 Å². The lowest BCUT2D eigenvalue weighted by molar-refractivity contribution is 0.0993. The van der Waals surface area contributed by atoms with Crippen LogP contribution in [0.1, 0.15) is 16.1 Å². The van der Waals surface area contributed by atoms with Crippen molar-refractivity contribution in [3.05, 3.63) is 84.6 Å². The van der Waals surface area contributed by atoms with E-state index in [-0.39, 0.29) is 18.3 Å². The van der Waals surface area contributed by atoms with Gasteiger partial charge in [0.2, 0.25) is 12.3 Å². The summed E-state index contributed by atoms with van der Waals surface area (Å²) >= 11 is 0. The Balaban J connectivity index is 1.46. The van der Waals surface area contributed by atoms with E-state index in [1.807, 2.05) is 36.4 Å². The first-order valence-electron chi connectivity index (χ1n) is 8.22. The lowest BCUT2D eigenvalue weighted by Crippen LogP contribution is -2.13. The molecule has 4 aromatic rings. The number of ether oxygens (including phenoxy) is 1. The van der Waals surface area contributed by atoms with Crippen molar-refractivity contribution < 1.29 is 18.4 Å². The summed E-state index contributed by atoms with van der Waals surface area (Å²) in [5.41, 5.74) is 1.95. The van der Waals surface area contributed by atoms with E-state index in [1.54, 1.807) is 24.3 Å². The van der Waals surface area contributed by atoms with Crippen LogP contribution in [-0.4, -0.2) is 16.1 Å². The van der Waals surface area contributed by atoms with E-state index in [9.17, 15) is 4.79 Å². The molecule has 0 atom stereocenters. The van der Waals surface area contributed by atoms with E-state index in [0.717, 1.165) is 5.75 Å². The standard InChI is InChI=1S/C20H15N3O4/c24-19(22-16-6-4-5-14(11-16)20-23-21-13-27-20)18-15(9-10-25-18)12-26-17-7-2-1-3-8-17/h1-11,13H,12H2,(H,22,24). The summed E-state index contributed by atoms with van der Waals surface area (Å²) in [5, 5.41) is 10.3. The molecule has 0 unspecified atom stereocenters. The van der Waals surface area contributed by atoms with Crippen molar-refractivity contribution in [3.8, 4) is 17.2 Å². The number of amides is 1. The highest BCUT2D eigenvalue weighted by atomic mass is 16.5. The smallest absolute Gasteiger partial charge is 0.291 e. The lowest BCUT2D eigenvalue weighted by atomic mass is 10.2. The van der Waals surface area contributed by atoms with Gasteiger partial charge in [0.15, 0.2) is 5.76 Å². The first kappa shape index (κ1) is 16.6. The number of furan rings is 1. The summed E-state index contributed by atoms with van der Waals surface area (Å²) in [7, 11) is 0. The summed E-state index contributed by atoms with van der Waals surface area (Å²) < 4.78 is 16.2. The molecule has 0 fully saturated rings. The third-order valence-corrected chi connectivity index (χ3v) is 3.82. The zero-order valence-corrected chi connectivity index (χ0v) is 14.2. The van der Waals surface area contributed by atoms with E-state index in [0.29, 0.717) is 22.7 Å². The molecule has 4 rings (SSSR count). The second-order valence-corrected chi connectivity index (χ2v) is 5.66. The highest BCUT2D eigenvalue weighted by molar-refractivity contribution is 6.03. The Morgan fingerprint density at radius 3 is 2.74 bits per heavy atom. The number of hydrogen-bond donors (Lipinski definition) is 1. The first-order valence-corrected chi connectivity index (χ1v) is 8.22. The molecule has 0 aliphatic carbocycles. The number of carbonyl (C=O) groups is 1. The fourth-order valence-corrected chi connectivity index (χ4v) is 2.54. The molecule has 2 heterocycles. The summed E-state index contributed by atoms with van der Waals surface area (Å²) in [6.07, 6.45) is 2.72. The molecule has 1 N–H and O–H groups in total. The third kappa shape index (κ3) is 3.87. The Bertz CT molecular complexity index is 1030. The van der Waals surface area contributed by atoms with Crippen LogP contribution in [0.15, 0.2) is 82.2 Å². The summed E-state index contributed by atoms with van der Waals surface area (Å²) in [6.45, 7) is 0.227. The van der Waals surface area contributed by atoms with Gasteiger partial charge in [-0.15, -0.1) is 10.2 Å². The van der Waals surface area contributed by atoms with Crippen LogP contribution >= 0.6 is 0 Å². The van der Waals surface area contributed by atoms with E-state index in [4.69, 9.17) is 13.6 Å². The molecular formula is C20H15N3O4. The van der Waals surface area contributed by atoms with Crippen molar-refractivity contribution in [2.24, 2.45) is 0 Å². The SMILES string of the molecule is O=C(Nc1cccc(-c2nnco2)c1)c1occc1COc1ccccc1. The number of carbonyl (C=O) groups excluding carboxylic acids is 1. The van der Waals surface area contributed by atoms with Gasteiger partial charge in [-0.3, -0.25) is 4.79 Å². The Morgan fingerprint density at radius 2 is 1.93 bits per heavy atom. The highest BCUT2D eigenvalue weighted by Crippen LogP contribution is 2.22. The average Bonchev–Trinajstić information content (AvgIpc) is 3.39. The normalized spacial score (nSPS) is 10.5. The van der Waals surface area contributed by atoms with E-state index in [2.05, 4.69) is 15.5 Å². The van der Waals surface area contributed by atoms with Gasteiger partial charge in [-0.1, -0.05) is 24.3 Å². The van der Waals surface area contributed by atoms with Crippen LogP contribution < -0.4 is 10.1 Å². The molecule has 0 aliphatic heterocycles. The van der Waals surface area contributed by atoms with Crippen LogP contribution in [0.25, 0.3) is 11.5 Å². The van der Waals surface area contributed by atoms with Gasteiger partial charge in [-0.25, -0.2) is 0 Å². The minimum atomic E-state index is -0.366. The van der Waals surface area contributed by atoms with Crippen LogP contribution in [0.3, 0.4) is 0 Å². The Morgan fingerprint density at radius 1 is 1.04 bits per heavy atom. The van der Waals surface area contributed by atoms with Gasteiger partial charge >= 0.3 is 0 Å². The molecule has 2 aromatic carbocycles. The van der Waals surface area contributed by atoms with Gasteiger partial charge in [0.25, 0.3) is 5.91 Å². The van der Waals surface area contributed by atoms with Crippen LogP contribution in [0, 0.1) is 0 Å². The van der Waals surface area contributed by atoms with Crippen LogP contribution in [0.4, 0.5) is 5.69 Å². The monoisotopic (exact) mass is 361 g/mol. The molecule has 134 valence electrons. The molecule has 0 bridgehead atoms. The molecule has 27 heavy (non-hydrogen) atoms. The Hall–Kier alpha value is -3.87. The Labute approximate surface area is 154 Å². The van der Waals surface area contributed by atoms with Gasteiger partial charge in [-0.05, 0) is 36.4 Å². The molecule has 1 amide bonds. The van der Waals surface area contributed by atoms with Crippen molar-refractivity contribution in [2.45, 2.75) is 6.61 Å². The maximum atomic E-state index is 12.6. The van der Waals surface area contributed by atoms with Crippen molar-refractivity contribution in [2.75, 3.05) is 5.32 Å². The number of anilines is 1. The van der Waals surface area contributed by atoms with E-state index >= 15 is 0 Å². The minimum Gasteiger partial charge on any atom is -0.489 e. The topological polar surface area (TPSA) is 90.4 Å². The number of nitrogens with one attached hydrogen (secondary N) is 1. The predicted octanol–water partition coefficient (Wildman–Crippen LogP) is 4.16. The number of rotatable bonds is 6. The predicted molar refractivity (Wildman–Crippen MR) is 97.2 cm³/mol. The zero-order valence-electron chi connectivity index (χ0n) is 14.2. The first-order chi connectivity index (χ1) is 13.3. The molecule has 7 nitrogen and oxygen atoms in total. The highest BCUT2D eigenvalue weighted by Gasteiger charge is 2.17. The molecule has 0 aliphatic rings. The Kier molecular flexibility index (Phi) is 4.65. The van der Waals surface area contributed by atoms with Crippen molar-refractivity contribution in [3.63, 3.8) is 0 Å². The maximum absolute atomic E-state index is 12.6. The third-order valence-electron chi connectivity index (χ3n) is 3.82. The van der Waals surface area contributed by atoms with Crippen molar-refractivity contribution in [1.29, 1.82) is 0 Å². The maximum Gasteiger partial charge on any atom is 0.291 e. The molecule has 0 spiro atoms. The second kappa shape index (κ2) is 7.57. The molecule has 0 radical (unpaired) electrons. The van der Waals surface area contributed by atoms with Gasteiger partial charge in [0.1, 0.15) is 12.4 Å². The summed E-state index contributed by atoms with van der Waals surface area (Å²) in [5.74, 6) is 0.932. The fraction of sp³-hybridized carbons (Fsp3) is 0.0500. The molecular weight excluding hydrogens is 346 g/mol. The number of nitrogens with zero attached hydrogens (tertiary/aromatic N) is 2. The molecule has 2 aromatic heterocycles. The second-order valence-electron chi connectivity index (χ2n) is 5.66. The molecule has 0 saturated carbocycles. The van der Waals surface area contributed by atoms with Gasteiger partial charge in [-0.2, -0.15) is 0 Å².